The Labute approximate surface area is 224 Å². The first kappa shape index (κ1) is 25.4. The number of H-pyrrole nitrogens is 1. The lowest BCUT2D eigenvalue weighted by Gasteiger charge is -2.24. The third kappa shape index (κ3) is 4.99. The van der Waals surface area contributed by atoms with E-state index in [4.69, 9.17) is 18.7 Å². The van der Waals surface area contributed by atoms with Crippen molar-refractivity contribution in [3.8, 4) is 11.5 Å². The zero-order chi connectivity index (χ0) is 27.1. The lowest BCUT2D eigenvalue weighted by atomic mass is 10.0. The first-order chi connectivity index (χ1) is 18.9. The minimum atomic E-state index is -4.46. The van der Waals surface area contributed by atoms with E-state index in [-0.39, 0.29) is 23.3 Å². The number of benzene rings is 2. The van der Waals surface area contributed by atoms with Gasteiger partial charge in [0.25, 0.3) is 10.0 Å². The molecule has 13 heteroatoms. The lowest BCUT2D eigenvalue weighted by Crippen LogP contribution is -2.18. The summed E-state index contributed by atoms with van der Waals surface area (Å²) in [6, 6.07) is 7.83. The van der Waals surface area contributed by atoms with E-state index in [2.05, 4.69) is 25.4 Å². The predicted octanol–water partition coefficient (Wildman–Crippen LogP) is 5.37. The van der Waals surface area contributed by atoms with E-state index in [9.17, 15) is 8.42 Å². The topological polar surface area (TPSA) is 141 Å². The molecule has 1 aliphatic carbocycles. The summed E-state index contributed by atoms with van der Waals surface area (Å²) in [7, 11) is -1.68. The molecule has 4 aromatic rings. The Balaban J connectivity index is 1.29. The van der Waals surface area contributed by atoms with E-state index in [0.717, 1.165) is 37.8 Å². The number of aromatic nitrogens is 3. The van der Waals surface area contributed by atoms with Crippen molar-refractivity contribution < 1.29 is 31.5 Å². The number of aromatic amines is 1. The highest BCUT2D eigenvalue weighted by atomic mass is 32.2. The average Bonchev–Trinajstić information content (AvgIpc) is 3.57. The van der Waals surface area contributed by atoms with E-state index < -0.39 is 20.7 Å². The highest BCUT2D eigenvalue weighted by Crippen LogP contribution is 2.41. The van der Waals surface area contributed by atoms with E-state index in [1.54, 1.807) is 12.1 Å². The molecule has 1 saturated heterocycles. The summed E-state index contributed by atoms with van der Waals surface area (Å²) < 4.78 is 66.3. The Hall–Kier alpha value is -3.84. The monoisotopic (exact) mass is 557 g/mol. The Bertz CT molecular complexity index is 1630. The molecule has 1 atom stereocenters. The number of halogens is 1. The molecule has 3 N–H and O–H groups in total. The number of rotatable bonds is 9. The SMILES string of the molecule is COc1cc2c(NS(=O)(=O)c3c(F)cc([C@@H]4CCCCO4)cc3OC)noc2cc1Nc1cc(C2CC2)[nH]n1. The number of methoxy groups -OCH3 is 2. The molecule has 0 unspecified atom stereocenters. The van der Waals surface area contributed by atoms with Crippen LogP contribution in [0, 0.1) is 5.82 Å². The van der Waals surface area contributed by atoms with Gasteiger partial charge < -0.3 is 24.1 Å². The molecule has 2 aromatic carbocycles. The van der Waals surface area contributed by atoms with Gasteiger partial charge in [0.1, 0.15) is 17.3 Å². The number of fused-ring (bicyclic) bond motifs is 1. The fraction of sp³-hybridized carbons (Fsp3) is 0.385. The van der Waals surface area contributed by atoms with Crippen LogP contribution >= 0.6 is 0 Å². The molecule has 1 saturated carbocycles. The number of ether oxygens (including phenoxy) is 3. The van der Waals surface area contributed by atoms with Gasteiger partial charge in [-0.3, -0.25) is 9.82 Å². The maximum atomic E-state index is 15.3. The minimum absolute atomic E-state index is 0.119. The highest BCUT2D eigenvalue weighted by molar-refractivity contribution is 7.92. The zero-order valence-corrected chi connectivity index (χ0v) is 22.2. The third-order valence-corrected chi connectivity index (χ3v) is 8.37. The molecule has 39 heavy (non-hydrogen) atoms. The van der Waals surface area contributed by atoms with Gasteiger partial charge in [0.05, 0.1) is 31.4 Å². The van der Waals surface area contributed by atoms with Crippen LogP contribution in [0.5, 0.6) is 11.5 Å². The molecule has 2 fully saturated rings. The molecular formula is C26H28FN5O6S. The van der Waals surface area contributed by atoms with Gasteiger partial charge >= 0.3 is 0 Å². The number of nitrogens with zero attached hydrogens (tertiary/aromatic N) is 2. The summed E-state index contributed by atoms with van der Waals surface area (Å²) in [5.41, 5.74) is 2.43. The predicted molar refractivity (Wildman–Crippen MR) is 141 cm³/mol. The molecule has 6 rings (SSSR count). The minimum Gasteiger partial charge on any atom is -0.495 e. The van der Waals surface area contributed by atoms with Crippen molar-refractivity contribution in [3.05, 3.63) is 47.4 Å². The van der Waals surface area contributed by atoms with Gasteiger partial charge in [-0.15, -0.1) is 0 Å². The summed E-state index contributed by atoms with van der Waals surface area (Å²) in [6.45, 7) is 0.569. The molecule has 0 bridgehead atoms. The maximum Gasteiger partial charge on any atom is 0.269 e. The number of anilines is 3. The average molecular weight is 558 g/mol. The van der Waals surface area contributed by atoms with Crippen LogP contribution in [0.1, 0.15) is 55.4 Å². The fourth-order valence-electron chi connectivity index (χ4n) is 4.82. The maximum absolute atomic E-state index is 15.3. The van der Waals surface area contributed by atoms with Crippen molar-refractivity contribution in [2.75, 3.05) is 30.9 Å². The number of hydrogen-bond acceptors (Lipinski definition) is 9. The van der Waals surface area contributed by atoms with Gasteiger partial charge in [-0.1, -0.05) is 5.16 Å². The first-order valence-corrected chi connectivity index (χ1v) is 14.2. The second-order valence-electron chi connectivity index (χ2n) is 9.68. The Morgan fingerprint density at radius 2 is 1.87 bits per heavy atom. The van der Waals surface area contributed by atoms with Crippen LogP contribution in [0.25, 0.3) is 11.0 Å². The largest absolute Gasteiger partial charge is 0.495 e. The quantitative estimate of drug-likeness (QED) is 0.248. The van der Waals surface area contributed by atoms with Crippen LogP contribution < -0.4 is 19.5 Å². The summed E-state index contributed by atoms with van der Waals surface area (Å²) in [5, 5.41) is 14.7. The molecule has 1 aliphatic heterocycles. The summed E-state index contributed by atoms with van der Waals surface area (Å²) >= 11 is 0. The number of hydrogen-bond donors (Lipinski definition) is 3. The first-order valence-electron chi connectivity index (χ1n) is 12.7. The van der Waals surface area contributed by atoms with Gasteiger partial charge in [0.15, 0.2) is 22.1 Å². The van der Waals surface area contributed by atoms with Gasteiger partial charge in [-0.05, 0) is 55.9 Å². The van der Waals surface area contributed by atoms with E-state index >= 15 is 4.39 Å². The van der Waals surface area contributed by atoms with Crippen molar-refractivity contribution in [2.45, 2.75) is 49.0 Å². The van der Waals surface area contributed by atoms with E-state index in [1.807, 2.05) is 6.07 Å². The van der Waals surface area contributed by atoms with Gasteiger partial charge in [-0.2, -0.15) is 5.10 Å². The molecule has 11 nitrogen and oxygen atoms in total. The lowest BCUT2D eigenvalue weighted by molar-refractivity contribution is 0.0146. The fourth-order valence-corrected chi connectivity index (χ4v) is 6.04. The molecule has 0 radical (unpaired) electrons. The van der Waals surface area contributed by atoms with Crippen LogP contribution in [-0.2, 0) is 14.8 Å². The van der Waals surface area contributed by atoms with Gasteiger partial charge in [0, 0.05) is 30.4 Å². The van der Waals surface area contributed by atoms with E-state index in [1.165, 1.54) is 26.4 Å². The molecule has 0 spiro atoms. The summed E-state index contributed by atoms with van der Waals surface area (Å²) in [4.78, 5) is -0.629. The normalized spacial score (nSPS) is 17.8. The number of sulfonamides is 1. The molecular weight excluding hydrogens is 529 g/mol. The van der Waals surface area contributed by atoms with Crippen molar-refractivity contribution in [1.82, 2.24) is 15.4 Å². The summed E-state index contributed by atoms with van der Waals surface area (Å²) in [6.07, 6.45) is 4.57. The van der Waals surface area contributed by atoms with Crippen LogP contribution in [0.4, 0.5) is 21.7 Å². The van der Waals surface area contributed by atoms with Crippen LogP contribution in [0.2, 0.25) is 0 Å². The van der Waals surface area contributed by atoms with Crippen molar-refractivity contribution in [1.29, 1.82) is 0 Å². The molecule has 2 aliphatic rings. The van der Waals surface area contributed by atoms with Gasteiger partial charge in [-0.25, -0.2) is 12.8 Å². The molecule has 206 valence electrons. The number of nitrogens with one attached hydrogen (secondary N) is 3. The van der Waals surface area contributed by atoms with Crippen LogP contribution in [0.3, 0.4) is 0 Å². The van der Waals surface area contributed by atoms with Crippen LogP contribution in [0.15, 0.2) is 39.8 Å². The van der Waals surface area contributed by atoms with Crippen molar-refractivity contribution >= 4 is 38.3 Å². The van der Waals surface area contributed by atoms with Crippen molar-refractivity contribution in [3.63, 3.8) is 0 Å². The van der Waals surface area contributed by atoms with Crippen LogP contribution in [-0.4, -0.2) is 44.6 Å². The summed E-state index contributed by atoms with van der Waals surface area (Å²) in [5.74, 6) is 0.331. The standard InChI is InChI=1S/C26H28FN5O6S/c1-35-22-11-16-21(12-19(22)28-24-13-18(29-30-24)14-6-7-14)38-31-26(16)32-39(33,34)25-17(27)9-15(10-23(25)36-2)20-5-3-4-8-37-20/h9-14,20H,3-8H2,1-2H3,(H,31,32)(H2,28,29,30)/t20-/m0/s1. The molecule has 2 aromatic heterocycles. The highest BCUT2D eigenvalue weighted by Gasteiger charge is 2.30. The molecule has 0 amide bonds. The van der Waals surface area contributed by atoms with E-state index in [0.29, 0.717) is 40.7 Å². The Kier molecular flexibility index (Phi) is 6.55. The third-order valence-electron chi connectivity index (χ3n) is 6.97. The van der Waals surface area contributed by atoms with Crippen molar-refractivity contribution in [2.24, 2.45) is 0 Å². The molecule has 3 heterocycles. The van der Waals surface area contributed by atoms with Gasteiger partial charge in [0.2, 0.25) is 0 Å². The zero-order valence-electron chi connectivity index (χ0n) is 21.4. The Morgan fingerprint density at radius 3 is 2.59 bits per heavy atom. The second-order valence-corrected chi connectivity index (χ2v) is 11.3. The smallest absolute Gasteiger partial charge is 0.269 e. The second kappa shape index (κ2) is 10.0. The Morgan fingerprint density at radius 1 is 1.05 bits per heavy atom.